The average Bonchev–Trinajstić information content (AvgIpc) is 3.16. The molecule has 162 valence electrons. The second-order valence-electron chi connectivity index (χ2n) is 6.44. The van der Waals surface area contributed by atoms with Gasteiger partial charge in [0.05, 0.1) is 18.6 Å². The molecule has 0 bridgehead atoms. The van der Waals surface area contributed by atoms with E-state index in [4.69, 9.17) is 9.47 Å². The van der Waals surface area contributed by atoms with Crippen LogP contribution in [0.15, 0.2) is 51.1 Å². The molecule has 1 heterocycles. The molecule has 2 amide bonds. The number of aryl methyl sites for hydroxylation is 1. The Hall–Kier alpha value is -2.85. The van der Waals surface area contributed by atoms with Gasteiger partial charge < -0.3 is 20.1 Å². The summed E-state index contributed by atoms with van der Waals surface area (Å²) in [5.41, 5.74) is 2.52. The van der Waals surface area contributed by atoms with Crippen LogP contribution in [-0.2, 0) is 9.59 Å². The Morgan fingerprint density at radius 1 is 1.26 bits per heavy atom. The van der Waals surface area contributed by atoms with Crippen molar-refractivity contribution in [2.75, 3.05) is 24.3 Å². The number of carbonyl (C=O) groups is 2. The van der Waals surface area contributed by atoms with Crippen molar-refractivity contribution in [3.8, 4) is 11.5 Å². The van der Waals surface area contributed by atoms with Crippen LogP contribution in [0.25, 0.3) is 0 Å². The van der Waals surface area contributed by atoms with Crippen LogP contribution in [-0.4, -0.2) is 42.2 Å². The second-order valence-corrected chi connectivity index (χ2v) is 8.26. The molecule has 2 aromatic rings. The fourth-order valence-corrected chi connectivity index (χ4v) is 3.59. The monoisotopic (exact) mass is 504 g/mol. The van der Waals surface area contributed by atoms with E-state index in [9.17, 15) is 9.59 Å². The van der Waals surface area contributed by atoms with Crippen LogP contribution < -0.4 is 20.1 Å². The van der Waals surface area contributed by atoms with Gasteiger partial charge in [0.15, 0.2) is 23.3 Å². The minimum absolute atomic E-state index is 0.0910. The molecule has 2 aromatic carbocycles. The Kier molecular flexibility index (Phi) is 8.07. The van der Waals surface area contributed by atoms with Crippen LogP contribution in [0.3, 0.4) is 0 Å². The first-order valence-corrected chi connectivity index (χ1v) is 11.2. The van der Waals surface area contributed by atoms with Crippen molar-refractivity contribution in [3.63, 3.8) is 0 Å². The zero-order valence-corrected chi connectivity index (χ0v) is 19.4. The Morgan fingerprint density at radius 2 is 2.00 bits per heavy atom. The van der Waals surface area contributed by atoms with Crippen LogP contribution in [0.1, 0.15) is 18.1 Å². The van der Waals surface area contributed by atoms with Crippen molar-refractivity contribution < 1.29 is 19.1 Å². The number of hydrogen-bond acceptors (Lipinski definition) is 7. The molecule has 0 spiro atoms. The van der Waals surface area contributed by atoms with Crippen molar-refractivity contribution in [2.24, 2.45) is 10.2 Å². The number of carbonyl (C=O) groups excluding carboxylic acids is 2. The molecule has 3 rings (SSSR count). The normalized spacial score (nSPS) is 14.7. The number of ether oxygens (including phenoxy) is 2. The van der Waals surface area contributed by atoms with E-state index < -0.39 is 0 Å². The predicted molar refractivity (Wildman–Crippen MR) is 126 cm³/mol. The zero-order chi connectivity index (χ0) is 22.2. The number of hydrogen-bond donors (Lipinski definition) is 2. The summed E-state index contributed by atoms with van der Waals surface area (Å²) in [7, 11) is 0. The highest BCUT2D eigenvalue weighted by Gasteiger charge is 2.16. The Balaban J connectivity index is 1.67. The maximum atomic E-state index is 12.2. The van der Waals surface area contributed by atoms with Crippen molar-refractivity contribution >= 4 is 56.6 Å². The van der Waals surface area contributed by atoms with Crippen LogP contribution in [0.2, 0.25) is 0 Å². The lowest BCUT2D eigenvalue weighted by Gasteiger charge is -2.14. The van der Waals surface area contributed by atoms with Gasteiger partial charge in [-0.1, -0.05) is 29.5 Å². The van der Waals surface area contributed by atoms with Gasteiger partial charge in [0.2, 0.25) is 5.91 Å². The van der Waals surface area contributed by atoms with Crippen molar-refractivity contribution in [1.29, 1.82) is 0 Å². The summed E-state index contributed by atoms with van der Waals surface area (Å²) >= 11 is 4.77. The summed E-state index contributed by atoms with van der Waals surface area (Å²) in [6.45, 7) is 4.10. The maximum Gasteiger partial charge on any atom is 0.262 e. The van der Waals surface area contributed by atoms with E-state index in [2.05, 4.69) is 36.8 Å². The molecule has 0 radical (unpaired) electrons. The van der Waals surface area contributed by atoms with Gasteiger partial charge in [0.25, 0.3) is 5.91 Å². The highest BCUT2D eigenvalue weighted by atomic mass is 79.9. The van der Waals surface area contributed by atoms with Crippen molar-refractivity contribution in [3.05, 3.63) is 52.0 Å². The van der Waals surface area contributed by atoms with Gasteiger partial charge in [0, 0.05) is 15.7 Å². The number of nitrogens with zero attached hydrogens (tertiary/aromatic N) is 2. The number of halogens is 1. The minimum atomic E-state index is -0.278. The maximum absolute atomic E-state index is 12.2. The highest BCUT2D eigenvalue weighted by Crippen LogP contribution is 2.33. The van der Waals surface area contributed by atoms with Gasteiger partial charge >= 0.3 is 0 Å². The molecule has 1 fully saturated rings. The molecule has 0 atom stereocenters. The molecule has 31 heavy (non-hydrogen) atoms. The van der Waals surface area contributed by atoms with Crippen LogP contribution in [0, 0.1) is 6.92 Å². The fourth-order valence-electron chi connectivity index (χ4n) is 2.53. The van der Waals surface area contributed by atoms with E-state index in [1.807, 2.05) is 38.1 Å². The topological polar surface area (TPSA) is 101 Å². The van der Waals surface area contributed by atoms with E-state index in [0.29, 0.717) is 44.7 Å². The molecule has 8 nitrogen and oxygen atoms in total. The average molecular weight is 505 g/mol. The van der Waals surface area contributed by atoms with E-state index in [0.717, 1.165) is 5.56 Å². The molecular weight excluding hydrogens is 484 g/mol. The molecule has 0 aliphatic carbocycles. The lowest BCUT2D eigenvalue weighted by Crippen LogP contribution is -2.20. The lowest BCUT2D eigenvalue weighted by atomic mass is 10.2. The molecule has 1 aliphatic rings. The number of anilines is 1. The Labute approximate surface area is 192 Å². The van der Waals surface area contributed by atoms with Gasteiger partial charge in [-0.25, -0.2) is 0 Å². The van der Waals surface area contributed by atoms with Crippen molar-refractivity contribution in [2.45, 2.75) is 13.8 Å². The number of benzene rings is 2. The van der Waals surface area contributed by atoms with Gasteiger partial charge in [0.1, 0.15) is 0 Å². The molecule has 0 saturated carbocycles. The first kappa shape index (κ1) is 22.8. The number of rotatable bonds is 8. The summed E-state index contributed by atoms with van der Waals surface area (Å²) in [5.74, 6) is 0.879. The lowest BCUT2D eigenvalue weighted by molar-refractivity contribution is -0.118. The van der Waals surface area contributed by atoms with E-state index in [1.54, 1.807) is 18.3 Å². The van der Waals surface area contributed by atoms with Crippen molar-refractivity contribution in [1.82, 2.24) is 5.32 Å². The Morgan fingerprint density at radius 3 is 2.68 bits per heavy atom. The molecule has 1 aliphatic heterocycles. The van der Waals surface area contributed by atoms with E-state index in [-0.39, 0.29) is 18.4 Å². The minimum Gasteiger partial charge on any atom is -0.490 e. The fraction of sp³-hybridized carbons (Fsp3) is 0.238. The predicted octanol–water partition coefficient (Wildman–Crippen LogP) is 3.73. The quantitative estimate of drug-likeness (QED) is 0.421. The summed E-state index contributed by atoms with van der Waals surface area (Å²) < 4.78 is 12.0. The number of amides is 2. The molecule has 10 heteroatoms. The summed E-state index contributed by atoms with van der Waals surface area (Å²) in [6.07, 6.45) is 1.54. The second kappa shape index (κ2) is 11.0. The molecule has 0 unspecified atom stereocenters. The first-order chi connectivity index (χ1) is 14.9. The number of thioether (sulfide) groups is 1. The first-order valence-electron chi connectivity index (χ1n) is 9.44. The largest absolute Gasteiger partial charge is 0.490 e. The van der Waals surface area contributed by atoms with Gasteiger partial charge in [-0.2, -0.15) is 5.10 Å². The number of nitrogens with one attached hydrogen (secondary N) is 2. The van der Waals surface area contributed by atoms with E-state index in [1.165, 1.54) is 11.8 Å². The van der Waals surface area contributed by atoms with E-state index >= 15 is 0 Å². The van der Waals surface area contributed by atoms with Gasteiger partial charge in [-0.05, 0) is 54.0 Å². The van der Waals surface area contributed by atoms with Crippen LogP contribution in [0.4, 0.5) is 5.69 Å². The van der Waals surface area contributed by atoms with Gasteiger partial charge in [-0.3, -0.25) is 9.59 Å². The molecule has 0 aromatic heterocycles. The summed E-state index contributed by atoms with van der Waals surface area (Å²) in [5, 5.41) is 13.9. The molecule has 2 N–H and O–H groups in total. The standard InChI is InChI=1S/C21H21BrN4O4S/c1-3-29-17-8-14(10-23-26-21-25-20(28)12-31-21)16(22)9-18(17)30-11-19(27)24-15-6-4-13(2)5-7-15/h4-10H,3,11-12H2,1-2H3,(H,24,27)(H,25,26,28). The Bertz CT molecular complexity index is 1020. The smallest absolute Gasteiger partial charge is 0.262 e. The van der Waals surface area contributed by atoms with Gasteiger partial charge in [-0.15, -0.1) is 5.10 Å². The molecule has 1 saturated heterocycles. The number of amidine groups is 1. The van der Waals surface area contributed by atoms with Crippen LogP contribution in [0.5, 0.6) is 11.5 Å². The molecular formula is C21H21BrN4O4S. The third kappa shape index (κ3) is 6.83. The highest BCUT2D eigenvalue weighted by molar-refractivity contribution is 9.10. The third-order valence-electron chi connectivity index (χ3n) is 3.99. The SMILES string of the molecule is CCOc1cc(C=NN=C2NC(=O)CS2)c(Br)cc1OCC(=O)Nc1ccc(C)cc1. The summed E-state index contributed by atoms with van der Waals surface area (Å²) in [4.78, 5) is 23.4. The van der Waals surface area contributed by atoms with Crippen LogP contribution >= 0.6 is 27.7 Å². The summed E-state index contributed by atoms with van der Waals surface area (Å²) in [6, 6.07) is 11.0. The zero-order valence-electron chi connectivity index (χ0n) is 17.0. The third-order valence-corrected chi connectivity index (χ3v) is 5.54.